The first-order valence-electron chi connectivity index (χ1n) is 6.09. The van der Waals surface area contributed by atoms with Crippen LogP contribution in [-0.2, 0) is 6.42 Å². The Morgan fingerprint density at radius 1 is 1.50 bits per heavy atom. The van der Waals surface area contributed by atoms with Crippen molar-refractivity contribution in [3.05, 3.63) is 16.1 Å². The Labute approximate surface area is 102 Å². The minimum atomic E-state index is 0.247. The third-order valence-corrected chi connectivity index (χ3v) is 4.77. The van der Waals surface area contributed by atoms with Gasteiger partial charge in [0, 0.05) is 23.0 Å². The molecular weight excluding hydrogens is 216 g/mol. The van der Waals surface area contributed by atoms with E-state index in [1.54, 1.807) is 11.3 Å². The first kappa shape index (κ1) is 12.1. The molecule has 1 aliphatic heterocycles. The Hall–Kier alpha value is -0.410. The van der Waals surface area contributed by atoms with Crippen molar-refractivity contribution in [3.63, 3.8) is 0 Å². The van der Waals surface area contributed by atoms with Crippen LogP contribution < -0.4 is 5.32 Å². The monoisotopic (exact) mass is 238 g/mol. The van der Waals surface area contributed by atoms with Gasteiger partial charge in [-0.3, -0.25) is 0 Å². The van der Waals surface area contributed by atoms with Gasteiger partial charge in [0.1, 0.15) is 0 Å². The van der Waals surface area contributed by atoms with Crippen LogP contribution in [0.1, 0.15) is 44.3 Å². The SMILES string of the molecule is Cc1csc(CC2(C(C)(C)C)CCCN2)n1. The fourth-order valence-corrected chi connectivity index (χ4v) is 3.49. The molecule has 0 bridgehead atoms. The van der Waals surface area contributed by atoms with Gasteiger partial charge < -0.3 is 5.32 Å². The molecule has 0 aliphatic carbocycles. The lowest BCUT2D eigenvalue weighted by Gasteiger charge is -2.42. The predicted octanol–water partition coefficient (Wildman–Crippen LogP) is 3.16. The minimum Gasteiger partial charge on any atom is -0.310 e. The largest absolute Gasteiger partial charge is 0.310 e. The van der Waals surface area contributed by atoms with Gasteiger partial charge in [0.15, 0.2) is 0 Å². The number of aromatic nitrogens is 1. The fraction of sp³-hybridized carbons (Fsp3) is 0.769. The Morgan fingerprint density at radius 2 is 2.25 bits per heavy atom. The average molecular weight is 238 g/mol. The molecule has 90 valence electrons. The molecule has 1 atom stereocenters. The van der Waals surface area contributed by atoms with Crippen LogP contribution in [0.15, 0.2) is 5.38 Å². The molecule has 2 nitrogen and oxygen atoms in total. The molecule has 0 spiro atoms. The Kier molecular flexibility index (Phi) is 3.10. The van der Waals surface area contributed by atoms with Crippen LogP contribution in [0.5, 0.6) is 0 Å². The summed E-state index contributed by atoms with van der Waals surface area (Å²) in [6, 6.07) is 0. The Bertz CT molecular complexity index is 356. The van der Waals surface area contributed by atoms with Crippen molar-refractivity contribution in [2.24, 2.45) is 5.41 Å². The van der Waals surface area contributed by atoms with E-state index in [1.807, 2.05) is 0 Å². The molecule has 1 aliphatic rings. The van der Waals surface area contributed by atoms with Crippen molar-refractivity contribution in [1.82, 2.24) is 10.3 Å². The van der Waals surface area contributed by atoms with Gasteiger partial charge in [0.2, 0.25) is 0 Å². The maximum absolute atomic E-state index is 4.61. The van der Waals surface area contributed by atoms with Crippen molar-refractivity contribution in [2.75, 3.05) is 6.54 Å². The summed E-state index contributed by atoms with van der Waals surface area (Å²) >= 11 is 1.80. The molecule has 16 heavy (non-hydrogen) atoms. The van der Waals surface area contributed by atoms with E-state index in [1.165, 1.54) is 17.8 Å². The number of nitrogens with zero attached hydrogens (tertiary/aromatic N) is 1. The number of aryl methyl sites for hydroxylation is 1. The van der Waals surface area contributed by atoms with Gasteiger partial charge in [0.05, 0.1) is 5.01 Å². The molecular formula is C13H22N2S. The number of thiazole rings is 1. The molecule has 1 aromatic rings. The quantitative estimate of drug-likeness (QED) is 0.856. The second-order valence-electron chi connectivity index (χ2n) is 5.92. The van der Waals surface area contributed by atoms with E-state index in [0.29, 0.717) is 5.41 Å². The van der Waals surface area contributed by atoms with Gasteiger partial charge in [0.25, 0.3) is 0 Å². The summed E-state index contributed by atoms with van der Waals surface area (Å²) in [7, 11) is 0. The second kappa shape index (κ2) is 4.11. The maximum Gasteiger partial charge on any atom is 0.0946 e. The van der Waals surface area contributed by atoms with E-state index in [0.717, 1.165) is 18.7 Å². The van der Waals surface area contributed by atoms with Gasteiger partial charge in [-0.05, 0) is 31.7 Å². The van der Waals surface area contributed by atoms with E-state index in [-0.39, 0.29) is 5.54 Å². The molecule has 2 rings (SSSR count). The van der Waals surface area contributed by atoms with Crippen molar-refractivity contribution in [1.29, 1.82) is 0 Å². The van der Waals surface area contributed by atoms with E-state index in [2.05, 4.69) is 43.4 Å². The summed E-state index contributed by atoms with van der Waals surface area (Å²) in [6.45, 7) is 10.2. The van der Waals surface area contributed by atoms with Crippen molar-refractivity contribution in [2.45, 2.75) is 52.5 Å². The number of nitrogens with one attached hydrogen (secondary N) is 1. The van der Waals surface area contributed by atoms with Gasteiger partial charge in [-0.1, -0.05) is 20.8 Å². The van der Waals surface area contributed by atoms with Gasteiger partial charge in [-0.15, -0.1) is 11.3 Å². The van der Waals surface area contributed by atoms with Gasteiger partial charge >= 0.3 is 0 Å². The molecule has 1 aromatic heterocycles. The highest BCUT2D eigenvalue weighted by Gasteiger charge is 2.44. The predicted molar refractivity (Wildman–Crippen MR) is 70.0 cm³/mol. The summed E-state index contributed by atoms with van der Waals surface area (Å²) < 4.78 is 0. The van der Waals surface area contributed by atoms with E-state index in [4.69, 9.17) is 0 Å². The third-order valence-electron chi connectivity index (χ3n) is 3.80. The average Bonchev–Trinajstić information content (AvgIpc) is 2.75. The molecule has 0 amide bonds. The van der Waals surface area contributed by atoms with Crippen LogP contribution >= 0.6 is 11.3 Å². The molecule has 0 aromatic carbocycles. The highest BCUT2D eigenvalue weighted by Crippen LogP contribution is 2.40. The fourth-order valence-electron chi connectivity index (χ4n) is 2.60. The molecule has 0 saturated carbocycles. The Balaban J connectivity index is 2.21. The van der Waals surface area contributed by atoms with Crippen LogP contribution in [0.3, 0.4) is 0 Å². The van der Waals surface area contributed by atoms with Crippen molar-refractivity contribution >= 4 is 11.3 Å². The lowest BCUT2D eigenvalue weighted by Crippen LogP contribution is -2.52. The van der Waals surface area contributed by atoms with Gasteiger partial charge in [-0.25, -0.2) is 4.98 Å². The zero-order chi connectivity index (χ0) is 11.8. The zero-order valence-electron chi connectivity index (χ0n) is 10.8. The summed E-state index contributed by atoms with van der Waals surface area (Å²) in [5.74, 6) is 0. The second-order valence-corrected chi connectivity index (χ2v) is 6.86. The van der Waals surface area contributed by atoms with E-state index >= 15 is 0 Å². The summed E-state index contributed by atoms with van der Waals surface area (Å²) in [4.78, 5) is 4.61. The molecule has 1 unspecified atom stereocenters. The topological polar surface area (TPSA) is 24.9 Å². The highest BCUT2D eigenvalue weighted by atomic mass is 32.1. The smallest absolute Gasteiger partial charge is 0.0946 e. The maximum atomic E-state index is 4.61. The number of hydrogen-bond acceptors (Lipinski definition) is 3. The molecule has 0 radical (unpaired) electrons. The minimum absolute atomic E-state index is 0.247. The van der Waals surface area contributed by atoms with Crippen LogP contribution in [0.4, 0.5) is 0 Å². The third kappa shape index (κ3) is 2.16. The van der Waals surface area contributed by atoms with Crippen LogP contribution in [0.25, 0.3) is 0 Å². The van der Waals surface area contributed by atoms with Crippen LogP contribution in [0.2, 0.25) is 0 Å². The molecule has 3 heteroatoms. The van der Waals surface area contributed by atoms with E-state index < -0.39 is 0 Å². The summed E-state index contributed by atoms with van der Waals surface area (Å²) in [5, 5.41) is 7.17. The van der Waals surface area contributed by atoms with Gasteiger partial charge in [-0.2, -0.15) is 0 Å². The summed E-state index contributed by atoms with van der Waals surface area (Å²) in [5.41, 5.74) is 1.70. The normalized spacial score (nSPS) is 26.2. The lowest BCUT2D eigenvalue weighted by molar-refractivity contribution is 0.159. The lowest BCUT2D eigenvalue weighted by atomic mass is 9.71. The number of hydrogen-bond donors (Lipinski definition) is 1. The first-order valence-corrected chi connectivity index (χ1v) is 6.97. The van der Waals surface area contributed by atoms with E-state index in [9.17, 15) is 0 Å². The van der Waals surface area contributed by atoms with Crippen LogP contribution in [-0.4, -0.2) is 17.1 Å². The Morgan fingerprint density at radius 3 is 2.69 bits per heavy atom. The highest BCUT2D eigenvalue weighted by molar-refractivity contribution is 7.09. The molecule has 1 N–H and O–H groups in total. The first-order chi connectivity index (χ1) is 7.43. The molecule has 2 heterocycles. The van der Waals surface area contributed by atoms with Crippen molar-refractivity contribution < 1.29 is 0 Å². The summed E-state index contributed by atoms with van der Waals surface area (Å²) in [6.07, 6.45) is 3.64. The molecule has 1 saturated heterocycles. The number of rotatable bonds is 2. The molecule has 1 fully saturated rings. The standard InChI is InChI=1S/C13H22N2S/c1-10-9-16-11(15-10)8-13(12(2,3)4)6-5-7-14-13/h9,14H,5-8H2,1-4H3. The van der Waals surface area contributed by atoms with Crippen molar-refractivity contribution in [3.8, 4) is 0 Å². The van der Waals surface area contributed by atoms with Crippen LogP contribution in [0, 0.1) is 12.3 Å². The zero-order valence-corrected chi connectivity index (χ0v) is 11.6.